The first kappa shape index (κ1) is 29.2. The second kappa shape index (κ2) is 13.1. The highest BCUT2D eigenvalue weighted by atomic mass is 79.9. The van der Waals surface area contributed by atoms with Crippen molar-refractivity contribution in [3.05, 3.63) is 80.8 Å². The molecule has 0 spiro atoms. The number of fused-ring (bicyclic) bond motifs is 1. The summed E-state index contributed by atoms with van der Waals surface area (Å²) in [6.07, 6.45) is 4.06. The van der Waals surface area contributed by atoms with Gasteiger partial charge >= 0.3 is 0 Å². The van der Waals surface area contributed by atoms with Crippen LogP contribution >= 0.6 is 27.3 Å². The quantitative estimate of drug-likeness (QED) is 0.127. The molecule has 10 heteroatoms. The second-order valence-corrected chi connectivity index (χ2v) is 12.5. The highest BCUT2D eigenvalue weighted by Crippen LogP contribution is 2.31. The summed E-state index contributed by atoms with van der Waals surface area (Å²) in [6, 6.07) is 16.8. The molecular weight excluding hydrogens is 600 g/mol. The Balaban J connectivity index is 1.29. The topological polar surface area (TPSA) is 78.0 Å². The lowest BCUT2D eigenvalue weighted by atomic mass is 10.1. The molecule has 1 heterocycles. The van der Waals surface area contributed by atoms with E-state index in [2.05, 4.69) is 39.9 Å². The van der Waals surface area contributed by atoms with Crippen molar-refractivity contribution in [2.45, 2.75) is 18.7 Å². The predicted molar refractivity (Wildman–Crippen MR) is 162 cm³/mol. The predicted octanol–water partition coefficient (Wildman–Crippen LogP) is 6.71. The number of likely N-dealkylation sites (N-methyl/N-ethyl adjacent to an activating group) is 1. The summed E-state index contributed by atoms with van der Waals surface area (Å²) in [7, 11) is -0.118. The third-order valence-corrected chi connectivity index (χ3v) is 9.00. The molecule has 0 N–H and O–H groups in total. The Morgan fingerprint density at radius 2 is 1.77 bits per heavy atom. The molecule has 3 aromatic carbocycles. The molecule has 7 nitrogen and oxygen atoms in total. The van der Waals surface area contributed by atoms with Crippen molar-refractivity contribution in [1.82, 2.24) is 4.98 Å². The van der Waals surface area contributed by atoms with Gasteiger partial charge in [-0.15, -0.1) is 11.3 Å². The molecule has 1 aromatic heterocycles. The fourth-order valence-electron chi connectivity index (χ4n) is 3.92. The number of halogens is 1. The van der Waals surface area contributed by atoms with Crippen LogP contribution in [0, 0.1) is 13.8 Å². The van der Waals surface area contributed by atoms with Crippen LogP contribution < -0.4 is 9.64 Å². The summed E-state index contributed by atoms with van der Waals surface area (Å²) >= 11 is 5.16. The van der Waals surface area contributed by atoms with Crippen molar-refractivity contribution in [2.24, 2.45) is 0 Å². The van der Waals surface area contributed by atoms with Gasteiger partial charge in [0.1, 0.15) is 10.8 Å². The zero-order chi connectivity index (χ0) is 28.0. The minimum absolute atomic E-state index is 0.0322. The largest absolute Gasteiger partial charge is 0.496 e. The standard InChI is InChI=1S/C29H31BrN2O5S2/c1-20-5-9-23(10-6-20)39(33,34)37-16-15-36-14-13-32(3)26-19-28-25(17-21(26)2)31-29(38-28)12-8-22-7-11-27(35-4)24(30)18-22/h5-12,17-19H,13-16H2,1-4H3/b12-8+. The molecular formula is C29H31BrN2O5S2. The van der Waals surface area contributed by atoms with Gasteiger partial charge in [0, 0.05) is 19.3 Å². The van der Waals surface area contributed by atoms with Gasteiger partial charge < -0.3 is 14.4 Å². The smallest absolute Gasteiger partial charge is 0.297 e. The van der Waals surface area contributed by atoms with Crippen molar-refractivity contribution in [3.8, 4) is 5.75 Å². The van der Waals surface area contributed by atoms with Crippen LogP contribution in [-0.4, -0.2) is 53.9 Å². The Morgan fingerprint density at radius 1 is 1.00 bits per heavy atom. The van der Waals surface area contributed by atoms with Crippen molar-refractivity contribution in [2.75, 3.05) is 45.4 Å². The van der Waals surface area contributed by atoms with E-state index in [0.29, 0.717) is 13.2 Å². The van der Waals surface area contributed by atoms with E-state index in [1.807, 2.05) is 44.3 Å². The molecule has 0 amide bonds. The molecule has 206 valence electrons. The molecule has 0 atom stereocenters. The highest BCUT2D eigenvalue weighted by Gasteiger charge is 2.15. The van der Waals surface area contributed by atoms with E-state index in [9.17, 15) is 8.42 Å². The van der Waals surface area contributed by atoms with E-state index < -0.39 is 10.1 Å². The van der Waals surface area contributed by atoms with E-state index >= 15 is 0 Å². The Morgan fingerprint density at radius 3 is 2.49 bits per heavy atom. The molecule has 0 aliphatic carbocycles. The number of rotatable bonds is 12. The minimum Gasteiger partial charge on any atom is -0.496 e. The maximum Gasteiger partial charge on any atom is 0.297 e. The first-order valence-corrected chi connectivity index (χ1v) is 15.4. The summed E-state index contributed by atoms with van der Waals surface area (Å²) in [5.74, 6) is 0.795. The van der Waals surface area contributed by atoms with Gasteiger partial charge in [0.15, 0.2) is 0 Å². The first-order chi connectivity index (χ1) is 18.7. The maximum atomic E-state index is 12.3. The van der Waals surface area contributed by atoms with Crippen LogP contribution in [0.1, 0.15) is 21.7 Å². The van der Waals surface area contributed by atoms with Crippen LogP contribution in [0.3, 0.4) is 0 Å². The van der Waals surface area contributed by atoms with Crippen LogP contribution in [0.2, 0.25) is 0 Å². The zero-order valence-electron chi connectivity index (χ0n) is 22.3. The summed E-state index contributed by atoms with van der Waals surface area (Å²) in [5, 5.41) is 0.931. The van der Waals surface area contributed by atoms with E-state index in [4.69, 9.17) is 18.6 Å². The van der Waals surface area contributed by atoms with E-state index in [0.717, 1.165) is 47.8 Å². The van der Waals surface area contributed by atoms with Gasteiger partial charge in [-0.3, -0.25) is 4.18 Å². The maximum absolute atomic E-state index is 12.3. The third kappa shape index (κ3) is 7.67. The number of benzene rings is 3. The molecule has 39 heavy (non-hydrogen) atoms. The second-order valence-electron chi connectivity index (χ2n) is 9.01. The van der Waals surface area contributed by atoms with Gasteiger partial charge in [0.2, 0.25) is 0 Å². The summed E-state index contributed by atoms with van der Waals surface area (Å²) in [6.45, 7) is 5.21. The van der Waals surface area contributed by atoms with E-state index in [-0.39, 0.29) is 18.1 Å². The molecule has 0 unspecified atom stereocenters. The number of ether oxygens (including phenoxy) is 2. The lowest BCUT2D eigenvalue weighted by Crippen LogP contribution is -2.24. The van der Waals surface area contributed by atoms with Crippen LogP contribution in [0.15, 0.2) is 64.0 Å². The zero-order valence-corrected chi connectivity index (χ0v) is 25.5. The van der Waals surface area contributed by atoms with E-state index in [1.54, 1.807) is 42.7 Å². The fraction of sp³-hybridized carbons (Fsp3) is 0.276. The Labute approximate surface area is 242 Å². The van der Waals surface area contributed by atoms with Crippen LogP contribution in [0.25, 0.3) is 22.4 Å². The number of aromatic nitrogens is 1. The van der Waals surface area contributed by atoms with Gasteiger partial charge in [-0.05, 0) is 83.4 Å². The van der Waals surface area contributed by atoms with Gasteiger partial charge in [0.05, 0.1) is 46.5 Å². The SMILES string of the molecule is COc1ccc(/C=C/c2nc3cc(C)c(N(C)CCOCCOS(=O)(=O)c4ccc(C)cc4)cc3s2)cc1Br. The van der Waals surface area contributed by atoms with Crippen molar-refractivity contribution in [3.63, 3.8) is 0 Å². The molecule has 0 bridgehead atoms. The van der Waals surface area contributed by atoms with Crippen LogP contribution in [0.5, 0.6) is 5.75 Å². The highest BCUT2D eigenvalue weighted by molar-refractivity contribution is 9.10. The van der Waals surface area contributed by atoms with Crippen molar-refractivity contribution < 1.29 is 22.1 Å². The van der Waals surface area contributed by atoms with Crippen LogP contribution in [0.4, 0.5) is 5.69 Å². The normalized spacial score (nSPS) is 11.9. The van der Waals surface area contributed by atoms with Crippen LogP contribution in [-0.2, 0) is 19.0 Å². The number of anilines is 1. The Bertz CT molecular complexity index is 1570. The number of hydrogen-bond donors (Lipinski definition) is 0. The fourth-order valence-corrected chi connectivity index (χ4v) is 6.26. The van der Waals surface area contributed by atoms with Gasteiger partial charge in [-0.1, -0.05) is 29.8 Å². The number of nitrogens with zero attached hydrogens (tertiary/aromatic N) is 2. The molecule has 0 fully saturated rings. The number of aryl methyl sites for hydroxylation is 2. The molecule has 0 saturated carbocycles. The molecule has 4 rings (SSSR count). The average Bonchev–Trinajstić information content (AvgIpc) is 3.30. The summed E-state index contributed by atoms with van der Waals surface area (Å²) < 4.78 is 42.6. The summed E-state index contributed by atoms with van der Waals surface area (Å²) in [5.41, 5.74) is 5.23. The number of methoxy groups -OCH3 is 1. The lowest BCUT2D eigenvalue weighted by Gasteiger charge is -2.21. The molecule has 0 saturated heterocycles. The third-order valence-electron chi connectivity index (χ3n) is 6.07. The number of hydrogen-bond acceptors (Lipinski definition) is 8. The van der Waals surface area contributed by atoms with Crippen molar-refractivity contribution in [1.29, 1.82) is 0 Å². The van der Waals surface area contributed by atoms with Gasteiger partial charge in [-0.25, -0.2) is 4.98 Å². The van der Waals surface area contributed by atoms with E-state index in [1.165, 1.54) is 0 Å². The van der Waals surface area contributed by atoms with Gasteiger partial charge in [0.25, 0.3) is 10.1 Å². The average molecular weight is 632 g/mol. The first-order valence-electron chi connectivity index (χ1n) is 12.3. The Kier molecular flexibility index (Phi) is 9.79. The monoisotopic (exact) mass is 630 g/mol. The number of thiazole rings is 1. The summed E-state index contributed by atoms with van der Waals surface area (Å²) in [4.78, 5) is 7.05. The Hall–Kier alpha value is -2.76. The molecule has 0 aliphatic heterocycles. The molecule has 0 aliphatic rings. The minimum atomic E-state index is -3.78. The van der Waals surface area contributed by atoms with Gasteiger partial charge in [-0.2, -0.15) is 8.42 Å². The molecule has 4 aromatic rings. The van der Waals surface area contributed by atoms with Crippen molar-refractivity contribution >= 4 is 65.4 Å². The molecule has 0 radical (unpaired) electrons. The lowest BCUT2D eigenvalue weighted by molar-refractivity contribution is 0.107.